The molecular weight excluding hydrogens is 232 g/mol. The minimum atomic E-state index is -0.646. The van der Waals surface area contributed by atoms with Gasteiger partial charge >= 0.3 is 0 Å². The summed E-state index contributed by atoms with van der Waals surface area (Å²) in [7, 11) is 0. The molecule has 2 spiro atoms. The molecule has 0 radical (unpaired) electrons. The molecule has 0 aromatic carbocycles. The Bertz CT molecular complexity index is 550. The summed E-state index contributed by atoms with van der Waals surface area (Å²) in [5, 5.41) is 0. The molecule has 4 nitrogen and oxygen atoms in total. The summed E-state index contributed by atoms with van der Waals surface area (Å²) in [6.45, 7) is 1.01. The van der Waals surface area contributed by atoms with Gasteiger partial charge < -0.3 is 9.47 Å². The zero-order chi connectivity index (χ0) is 12.1. The SMILES string of the molecule is O=C1C2C=CC(C3C2C=CC(=O)[C@]32CO2)[C@@]12CO2. The van der Waals surface area contributed by atoms with Crippen LogP contribution in [0.1, 0.15) is 0 Å². The van der Waals surface area contributed by atoms with Gasteiger partial charge in [0.05, 0.1) is 13.2 Å². The quantitative estimate of drug-likeness (QED) is 0.453. The third kappa shape index (κ3) is 0.806. The minimum Gasteiger partial charge on any atom is -0.361 e. The molecule has 6 atom stereocenters. The van der Waals surface area contributed by atoms with Crippen molar-refractivity contribution in [3.8, 4) is 0 Å². The number of carbonyl (C=O) groups excluding carboxylic acids is 2. The molecule has 2 aliphatic heterocycles. The Morgan fingerprint density at radius 2 is 1.78 bits per heavy atom. The molecule has 4 aliphatic carbocycles. The smallest absolute Gasteiger partial charge is 0.189 e. The van der Waals surface area contributed by atoms with Crippen molar-refractivity contribution >= 4 is 11.6 Å². The summed E-state index contributed by atoms with van der Waals surface area (Å²) < 4.78 is 11.0. The first-order chi connectivity index (χ1) is 8.69. The monoisotopic (exact) mass is 244 g/mol. The standard InChI is InChI=1S/C14H12O4/c15-10-4-2-7-8-1-3-9(11(7)14(10)6-18-14)13(5-17-13)12(8)16/h1-4,7-9,11H,5-6H2/t7?,8?,9?,11?,13-,14+/m0/s1. The number of ether oxygens (including phenoxy) is 2. The van der Waals surface area contributed by atoms with Crippen LogP contribution in [0, 0.1) is 23.7 Å². The molecule has 18 heavy (non-hydrogen) atoms. The van der Waals surface area contributed by atoms with Gasteiger partial charge in [0.15, 0.2) is 22.8 Å². The van der Waals surface area contributed by atoms with Gasteiger partial charge in [0.25, 0.3) is 0 Å². The molecule has 2 bridgehead atoms. The van der Waals surface area contributed by atoms with E-state index in [1.165, 1.54) is 0 Å². The van der Waals surface area contributed by atoms with Crippen LogP contribution in [0.15, 0.2) is 24.3 Å². The molecule has 0 amide bonds. The molecule has 0 aromatic rings. The van der Waals surface area contributed by atoms with Crippen molar-refractivity contribution in [3.05, 3.63) is 24.3 Å². The van der Waals surface area contributed by atoms with Crippen LogP contribution in [0.5, 0.6) is 0 Å². The lowest BCUT2D eigenvalue weighted by molar-refractivity contribution is -0.142. The van der Waals surface area contributed by atoms with Gasteiger partial charge in [0, 0.05) is 17.8 Å². The van der Waals surface area contributed by atoms with Gasteiger partial charge in [-0.25, -0.2) is 0 Å². The predicted octanol–water partition coefficient (Wildman–Crippen LogP) is 0.281. The normalized spacial score (nSPS) is 58.4. The van der Waals surface area contributed by atoms with Gasteiger partial charge in [-0.2, -0.15) is 0 Å². The van der Waals surface area contributed by atoms with Gasteiger partial charge in [-0.15, -0.1) is 0 Å². The molecule has 2 heterocycles. The number of allylic oxidation sites excluding steroid dienone is 2. The number of ketones is 2. The number of hydrogen-bond acceptors (Lipinski definition) is 4. The Morgan fingerprint density at radius 3 is 2.44 bits per heavy atom. The van der Waals surface area contributed by atoms with Crippen LogP contribution < -0.4 is 0 Å². The van der Waals surface area contributed by atoms with Crippen molar-refractivity contribution < 1.29 is 19.1 Å². The summed E-state index contributed by atoms with van der Waals surface area (Å²) in [5.41, 5.74) is -1.27. The van der Waals surface area contributed by atoms with Gasteiger partial charge in [0.2, 0.25) is 0 Å². The molecule has 0 aromatic heterocycles. The van der Waals surface area contributed by atoms with E-state index in [1.807, 2.05) is 12.2 Å². The summed E-state index contributed by atoms with van der Waals surface area (Å²) >= 11 is 0. The topological polar surface area (TPSA) is 59.2 Å². The molecule has 4 heteroatoms. The Kier molecular flexibility index (Phi) is 1.36. The van der Waals surface area contributed by atoms with Crippen molar-refractivity contribution in [1.82, 2.24) is 0 Å². The van der Waals surface area contributed by atoms with E-state index in [4.69, 9.17) is 9.47 Å². The third-order valence-electron chi connectivity index (χ3n) is 5.34. The first-order valence-corrected chi connectivity index (χ1v) is 6.42. The van der Waals surface area contributed by atoms with E-state index in [0.717, 1.165) is 0 Å². The Morgan fingerprint density at radius 1 is 1.06 bits per heavy atom. The van der Waals surface area contributed by atoms with Crippen LogP contribution in [-0.2, 0) is 19.1 Å². The van der Waals surface area contributed by atoms with Crippen LogP contribution in [0.25, 0.3) is 0 Å². The highest BCUT2D eigenvalue weighted by atomic mass is 16.6. The Labute approximate surface area is 104 Å². The zero-order valence-electron chi connectivity index (χ0n) is 9.67. The van der Waals surface area contributed by atoms with Crippen LogP contribution in [0.4, 0.5) is 0 Å². The lowest BCUT2D eigenvalue weighted by Crippen LogP contribution is -2.60. The van der Waals surface area contributed by atoms with Crippen LogP contribution >= 0.6 is 0 Å². The molecule has 1 saturated carbocycles. The van der Waals surface area contributed by atoms with Crippen LogP contribution in [0.2, 0.25) is 0 Å². The van der Waals surface area contributed by atoms with Gasteiger partial charge in [-0.1, -0.05) is 18.2 Å². The fraction of sp³-hybridized carbons (Fsp3) is 0.571. The molecule has 92 valence electrons. The number of hydrogen-bond donors (Lipinski definition) is 0. The molecule has 6 aliphatic rings. The largest absolute Gasteiger partial charge is 0.361 e. The number of epoxide rings is 2. The Hall–Kier alpha value is -1.26. The predicted molar refractivity (Wildman–Crippen MR) is 59.6 cm³/mol. The first-order valence-electron chi connectivity index (χ1n) is 6.42. The minimum absolute atomic E-state index is 0.0106. The second-order valence-electron chi connectivity index (χ2n) is 5.98. The van der Waals surface area contributed by atoms with E-state index in [9.17, 15) is 9.59 Å². The maximum absolute atomic E-state index is 12.4. The average Bonchev–Trinajstić information content (AvgIpc) is 3.26. The summed E-state index contributed by atoms with van der Waals surface area (Å²) in [6, 6.07) is 0. The number of rotatable bonds is 0. The molecule has 4 unspecified atom stereocenters. The van der Waals surface area contributed by atoms with E-state index in [0.29, 0.717) is 13.2 Å². The third-order valence-corrected chi connectivity index (χ3v) is 5.34. The second-order valence-corrected chi connectivity index (χ2v) is 5.98. The first kappa shape index (κ1) is 9.64. The van der Waals surface area contributed by atoms with Crippen LogP contribution in [-0.4, -0.2) is 36.0 Å². The van der Waals surface area contributed by atoms with E-state index < -0.39 is 11.2 Å². The van der Waals surface area contributed by atoms with Gasteiger partial charge in [-0.3, -0.25) is 9.59 Å². The van der Waals surface area contributed by atoms with Crippen molar-refractivity contribution in [3.63, 3.8) is 0 Å². The molecule has 3 fully saturated rings. The molecule has 0 N–H and O–H groups in total. The van der Waals surface area contributed by atoms with E-state index in [1.54, 1.807) is 6.08 Å². The molecule has 6 rings (SSSR count). The number of Topliss-reactive ketones (excluding diaryl/α,β-unsaturated/α-hetero) is 1. The van der Waals surface area contributed by atoms with Crippen molar-refractivity contribution in [1.29, 1.82) is 0 Å². The molecular formula is C14H12O4. The van der Waals surface area contributed by atoms with E-state index in [-0.39, 0.29) is 35.2 Å². The van der Waals surface area contributed by atoms with Crippen molar-refractivity contribution in [2.24, 2.45) is 23.7 Å². The highest BCUT2D eigenvalue weighted by Gasteiger charge is 2.75. The Balaban J connectivity index is 1.72. The fourth-order valence-corrected chi connectivity index (χ4v) is 4.27. The van der Waals surface area contributed by atoms with E-state index >= 15 is 0 Å². The van der Waals surface area contributed by atoms with Crippen molar-refractivity contribution in [2.75, 3.05) is 13.2 Å². The lowest BCUT2D eigenvalue weighted by atomic mass is 9.52. The van der Waals surface area contributed by atoms with Crippen LogP contribution in [0.3, 0.4) is 0 Å². The maximum atomic E-state index is 12.4. The highest BCUT2D eigenvalue weighted by molar-refractivity contribution is 6.03. The number of carbonyl (C=O) groups is 2. The van der Waals surface area contributed by atoms with Gasteiger partial charge in [0.1, 0.15) is 0 Å². The summed E-state index contributed by atoms with van der Waals surface area (Å²) in [4.78, 5) is 24.5. The van der Waals surface area contributed by atoms with Crippen molar-refractivity contribution in [2.45, 2.75) is 11.2 Å². The summed E-state index contributed by atoms with van der Waals surface area (Å²) in [5.74, 6) is 0.344. The average molecular weight is 244 g/mol. The zero-order valence-corrected chi connectivity index (χ0v) is 9.67. The molecule has 2 saturated heterocycles. The highest BCUT2D eigenvalue weighted by Crippen LogP contribution is 2.62. The lowest BCUT2D eigenvalue weighted by Gasteiger charge is -2.49. The second kappa shape index (κ2) is 2.53. The fourth-order valence-electron chi connectivity index (χ4n) is 4.27. The van der Waals surface area contributed by atoms with Gasteiger partial charge in [-0.05, 0) is 12.0 Å². The summed E-state index contributed by atoms with van der Waals surface area (Å²) in [6.07, 6.45) is 7.60. The van der Waals surface area contributed by atoms with E-state index in [2.05, 4.69) is 6.08 Å². The maximum Gasteiger partial charge on any atom is 0.189 e.